The Morgan fingerprint density at radius 1 is 1.41 bits per heavy atom. The zero-order chi connectivity index (χ0) is 11.7. The van der Waals surface area contributed by atoms with Gasteiger partial charge in [-0.05, 0) is 24.3 Å². The zero-order valence-corrected chi connectivity index (χ0v) is 11.7. The first-order valence-corrected chi connectivity index (χ1v) is 7.95. The van der Waals surface area contributed by atoms with Crippen LogP contribution in [0.4, 0.5) is 5.13 Å². The number of rotatable bonds is 5. The Bertz CT molecular complexity index is 476. The van der Waals surface area contributed by atoms with Crippen LogP contribution in [-0.4, -0.2) is 11.0 Å². The lowest BCUT2D eigenvalue weighted by molar-refractivity contribution is 0.796. The molecule has 2 heterocycles. The summed E-state index contributed by atoms with van der Waals surface area (Å²) in [5, 5.41) is 5.31. The molecule has 5 heteroatoms. The summed E-state index contributed by atoms with van der Waals surface area (Å²) in [6, 6.07) is 4.99. The van der Waals surface area contributed by atoms with E-state index in [-0.39, 0.29) is 0 Å². The molecule has 0 atom stereocenters. The van der Waals surface area contributed by atoms with Gasteiger partial charge in [-0.15, -0.1) is 34.3 Å². The highest BCUT2D eigenvalue weighted by Crippen LogP contribution is 2.35. The number of thiophene rings is 1. The van der Waals surface area contributed by atoms with Gasteiger partial charge in [0.15, 0.2) is 5.13 Å². The lowest BCUT2D eigenvalue weighted by atomic mass is 10.4. The van der Waals surface area contributed by atoms with Gasteiger partial charge in [-0.3, -0.25) is 0 Å². The third-order valence-electron chi connectivity index (χ3n) is 2.82. The number of aromatic nitrogens is 1. The molecule has 2 nitrogen and oxygen atoms in total. The van der Waals surface area contributed by atoms with Crippen LogP contribution in [0.5, 0.6) is 0 Å². The highest BCUT2D eigenvalue weighted by atomic mass is 35.5. The minimum absolute atomic E-state index is 0.508. The molecular weight excluding hydrogens is 272 g/mol. The van der Waals surface area contributed by atoms with Crippen LogP contribution in [0.1, 0.15) is 23.4 Å². The van der Waals surface area contributed by atoms with E-state index in [1.807, 2.05) is 11.3 Å². The van der Waals surface area contributed by atoms with Crippen molar-refractivity contribution in [3.05, 3.63) is 33.5 Å². The van der Waals surface area contributed by atoms with Crippen LogP contribution in [-0.2, 0) is 12.4 Å². The molecule has 1 saturated carbocycles. The Kier molecular flexibility index (Phi) is 3.36. The van der Waals surface area contributed by atoms with Gasteiger partial charge in [0.05, 0.1) is 18.1 Å². The minimum atomic E-state index is 0.508. The summed E-state index contributed by atoms with van der Waals surface area (Å²) >= 11 is 9.33. The molecule has 0 radical (unpaired) electrons. The second-order valence-electron chi connectivity index (χ2n) is 4.19. The topological polar surface area (TPSA) is 16.1 Å². The van der Waals surface area contributed by atoms with Gasteiger partial charge in [0.25, 0.3) is 0 Å². The molecule has 3 rings (SSSR count). The molecule has 2 aromatic heterocycles. The third-order valence-corrected chi connectivity index (χ3v) is 4.88. The number of anilines is 1. The van der Waals surface area contributed by atoms with Gasteiger partial charge in [0, 0.05) is 16.3 Å². The van der Waals surface area contributed by atoms with Gasteiger partial charge < -0.3 is 4.90 Å². The van der Waals surface area contributed by atoms with E-state index < -0.39 is 0 Å². The quantitative estimate of drug-likeness (QED) is 0.768. The van der Waals surface area contributed by atoms with Crippen molar-refractivity contribution in [2.75, 3.05) is 4.90 Å². The van der Waals surface area contributed by atoms with Gasteiger partial charge in [0.1, 0.15) is 0 Å². The molecule has 0 saturated heterocycles. The average Bonchev–Trinajstić information content (AvgIpc) is 2.88. The van der Waals surface area contributed by atoms with Gasteiger partial charge in [-0.2, -0.15) is 0 Å². The first-order valence-electron chi connectivity index (χ1n) is 5.66. The Balaban J connectivity index is 1.79. The van der Waals surface area contributed by atoms with Crippen molar-refractivity contribution >= 4 is 39.4 Å². The average molecular weight is 285 g/mol. The predicted octanol–water partition coefficient (Wildman–Crippen LogP) is 4.11. The Morgan fingerprint density at radius 3 is 2.88 bits per heavy atom. The number of halogens is 1. The van der Waals surface area contributed by atoms with Crippen LogP contribution in [0.25, 0.3) is 0 Å². The molecule has 90 valence electrons. The van der Waals surface area contributed by atoms with Crippen LogP contribution >= 0.6 is 34.3 Å². The Morgan fingerprint density at radius 2 is 2.29 bits per heavy atom. The molecule has 17 heavy (non-hydrogen) atoms. The minimum Gasteiger partial charge on any atom is -0.340 e. The summed E-state index contributed by atoms with van der Waals surface area (Å²) in [7, 11) is 0. The van der Waals surface area contributed by atoms with E-state index in [1.54, 1.807) is 11.3 Å². The van der Waals surface area contributed by atoms with E-state index in [0.717, 1.165) is 17.4 Å². The van der Waals surface area contributed by atoms with Crippen molar-refractivity contribution in [2.24, 2.45) is 0 Å². The summed E-state index contributed by atoms with van der Waals surface area (Å²) in [5.74, 6) is 0.508. The summed E-state index contributed by atoms with van der Waals surface area (Å²) in [6.07, 6.45) is 2.59. The van der Waals surface area contributed by atoms with E-state index >= 15 is 0 Å². The molecule has 0 bridgehead atoms. The summed E-state index contributed by atoms with van der Waals surface area (Å²) in [4.78, 5) is 8.41. The van der Waals surface area contributed by atoms with Crippen molar-refractivity contribution in [1.82, 2.24) is 4.98 Å². The predicted molar refractivity (Wildman–Crippen MR) is 75.2 cm³/mol. The lowest BCUT2D eigenvalue weighted by Crippen LogP contribution is -2.24. The maximum Gasteiger partial charge on any atom is 0.186 e. The van der Waals surface area contributed by atoms with Crippen LogP contribution in [0, 0.1) is 0 Å². The number of hydrogen-bond acceptors (Lipinski definition) is 4. The molecule has 0 aliphatic heterocycles. The number of hydrogen-bond donors (Lipinski definition) is 0. The first kappa shape index (κ1) is 11.5. The van der Waals surface area contributed by atoms with Crippen LogP contribution in [0.2, 0.25) is 0 Å². The molecular formula is C12H13ClN2S2. The molecule has 1 aliphatic carbocycles. The fraction of sp³-hybridized carbons (Fsp3) is 0.417. The van der Waals surface area contributed by atoms with E-state index in [1.165, 1.54) is 17.7 Å². The normalized spacial score (nSPS) is 15.1. The van der Waals surface area contributed by atoms with Gasteiger partial charge in [0.2, 0.25) is 0 Å². The smallest absolute Gasteiger partial charge is 0.186 e. The fourth-order valence-electron chi connectivity index (χ4n) is 1.80. The SMILES string of the molecule is ClCc1csc(N(Cc2cccs2)C2CC2)n1. The van der Waals surface area contributed by atoms with E-state index in [4.69, 9.17) is 11.6 Å². The van der Waals surface area contributed by atoms with Gasteiger partial charge in [-0.1, -0.05) is 6.07 Å². The van der Waals surface area contributed by atoms with E-state index in [0.29, 0.717) is 11.9 Å². The third kappa shape index (κ3) is 2.64. The number of thiazole rings is 1. The summed E-state index contributed by atoms with van der Waals surface area (Å²) in [5.41, 5.74) is 0.989. The largest absolute Gasteiger partial charge is 0.340 e. The summed E-state index contributed by atoms with van der Waals surface area (Å²) in [6.45, 7) is 0.984. The molecule has 0 amide bonds. The molecule has 0 aromatic carbocycles. The maximum absolute atomic E-state index is 5.81. The second-order valence-corrected chi connectivity index (χ2v) is 6.33. The van der Waals surface area contributed by atoms with Crippen LogP contribution in [0.3, 0.4) is 0 Å². The molecule has 2 aromatic rings. The molecule has 1 fully saturated rings. The standard InChI is InChI=1S/C12H13ClN2S2/c13-6-9-8-17-12(14-9)15(10-3-4-10)7-11-2-1-5-16-11/h1-2,5,8,10H,3-4,6-7H2. The molecule has 0 spiro atoms. The molecule has 0 N–H and O–H groups in total. The van der Waals surface area contributed by atoms with Crippen molar-refractivity contribution in [2.45, 2.75) is 31.3 Å². The first-order chi connectivity index (χ1) is 8.36. The van der Waals surface area contributed by atoms with Gasteiger partial charge >= 0.3 is 0 Å². The Hall–Kier alpha value is -0.580. The Labute approximate surface area is 114 Å². The van der Waals surface area contributed by atoms with E-state index in [2.05, 4.69) is 32.8 Å². The van der Waals surface area contributed by atoms with Crippen molar-refractivity contribution in [3.8, 4) is 0 Å². The zero-order valence-electron chi connectivity index (χ0n) is 9.30. The number of nitrogens with zero attached hydrogens (tertiary/aromatic N) is 2. The van der Waals surface area contributed by atoms with Crippen molar-refractivity contribution < 1.29 is 0 Å². The van der Waals surface area contributed by atoms with Crippen molar-refractivity contribution in [3.63, 3.8) is 0 Å². The monoisotopic (exact) mass is 284 g/mol. The van der Waals surface area contributed by atoms with Crippen LogP contribution < -0.4 is 4.90 Å². The van der Waals surface area contributed by atoms with E-state index in [9.17, 15) is 0 Å². The maximum atomic E-state index is 5.81. The lowest BCUT2D eigenvalue weighted by Gasteiger charge is -2.20. The van der Waals surface area contributed by atoms with Crippen molar-refractivity contribution in [1.29, 1.82) is 0 Å². The van der Waals surface area contributed by atoms with Crippen LogP contribution in [0.15, 0.2) is 22.9 Å². The fourth-order valence-corrected chi connectivity index (χ4v) is 3.63. The summed E-state index contributed by atoms with van der Waals surface area (Å²) < 4.78 is 0. The highest BCUT2D eigenvalue weighted by molar-refractivity contribution is 7.13. The molecule has 0 unspecified atom stereocenters. The number of alkyl halides is 1. The second kappa shape index (κ2) is 4.96. The molecule has 1 aliphatic rings. The highest BCUT2D eigenvalue weighted by Gasteiger charge is 2.31. The van der Waals surface area contributed by atoms with Gasteiger partial charge in [-0.25, -0.2) is 4.98 Å².